The number of aryl methyl sites for hydroxylation is 1. The van der Waals surface area contributed by atoms with Crippen molar-refractivity contribution in [3.05, 3.63) is 21.4 Å². The standard InChI is InChI=1S/C16H21NO3S/c1-9-10(2)21-8-12(9)15(18)17-13-6-4-3-5-11(13)7-14(17)16(19)20/h8,11,13-14H,3-7H2,1-2H3,(H,19,20). The van der Waals surface area contributed by atoms with Crippen molar-refractivity contribution in [1.29, 1.82) is 0 Å². The summed E-state index contributed by atoms with van der Waals surface area (Å²) in [5, 5.41) is 11.4. The molecule has 1 amide bonds. The van der Waals surface area contributed by atoms with Gasteiger partial charge in [-0.1, -0.05) is 12.8 Å². The number of thiophene rings is 1. The molecule has 1 aromatic rings. The highest BCUT2D eigenvalue weighted by atomic mass is 32.1. The monoisotopic (exact) mass is 307 g/mol. The summed E-state index contributed by atoms with van der Waals surface area (Å²) in [6, 6.07) is -0.530. The number of hydrogen-bond donors (Lipinski definition) is 1. The van der Waals surface area contributed by atoms with Gasteiger partial charge in [-0.25, -0.2) is 4.79 Å². The molecule has 114 valence electrons. The number of likely N-dealkylation sites (tertiary alicyclic amines) is 1. The fourth-order valence-corrected chi connectivity index (χ4v) is 4.70. The van der Waals surface area contributed by atoms with Gasteiger partial charge in [-0.15, -0.1) is 11.3 Å². The summed E-state index contributed by atoms with van der Waals surface area (Å²) < 4.78 is 0. The summed E-state index contributed by atoms with van der Waals surface area (Å²) in [4.78, 5) is 27.3. The van der Waals surface area contributed by atoms with Crippen LogP contribution < -0.4 is 0 Å². The number of fused-ring (bicyclic) bond motifs is 1. The molecule has 1 saturated carbocycles. The smallest absolute Gasteiger partial charge is 0.326 e. The molecule has 21 heavy (non-hydrogen) atoms. The first-order chi connectivity index (χ1) is 10.0. The SMILES string of the molecule is Cc1scc(C(=O)N2C(C(=O)O)CC3CCCCC32)c1C. The number of amides is 1. The lowest BCUT2D eigenvalue weighted by molar-refractivity contribution is -0.141. The molecule has 2 heterocycles. The maximum atomic E-state index is 12.9. The molecular weight excluding hydrogens is 286 g/mol. The van der Waals surface area contributed by atoms with Crippen molar-refractivity contribution in [1.82, 2.24) is 4.90 Å². The van der Waals surface area contributed by atoms with Crippen molar-refractivity contribution in [2.45, 2.75) is 58.0 Å². The first kappa shape index (κ1) is 14.6. The lowest BCUT2D eigenvalue weighted by Gasteiger charge is -2.33. The number of rotatable bonds is 2. The number of nitrogens with zero attached hydrogens (tertiary/aromatic N) is 1. The molecule has 0 spiro atoms. The second kappa shape index (κ2) is 5.44. The number of aliphatic carboxylic acids is 1. The third-order valence-electron chi connectivity index (χ3n) is 5.12. The first-order valence-electron chi connectivity index (χ1n) is 7.61. The van der Waals surface area contributed by atoms with Gasteiger partial charge in [0.25, 0.3) is 5.91 Å². The van der Waals surface area contributed by atoms with Crippen molar-refractivity contribution >= 4 is 23.2 Å². The van der Waals surface area contributed by atoms with E-state index in [4.69, 9.17) is 0 Å². The molecule has 3 unspecified atom stereocenters. The van der Waals surface area contributed by atoms with Crippen molar-refractivity contribution in [2.75, 3.05) is 0 Å². The summed E-state index contributed by atoms with van der Waals surface area (Å²) in [6.45, 7) is 3.95. The summed E-state index contributed by atoms with van der Waals surface area (Å²) in [5.74, 6) is -0.579. The molecular formula is C16H21NO3S. The van der Waals surface area contributed by atoms with Gasteiger partial charge in [0.2, 0.25) is 0 Å². The molecule has 2 fully saturated rings. The van der Waals surface area contributed by atoms with E-state index in [1.165, 1.54) is 0 Å². The highest BCUT2D eigenvalue weighted by molar-refractivity contribution is 7.10. The topological polar surface area (TPSA) is 57.6 Å². The second-order valence-electron chi connectivity index (χ2n) is 6.24. The molecule has 1 N–H and O–H groups in total. The van der Waals surface area contributed by atoms with E-state index in [-0.39, 0.29) is 11.9 Å². The molecule has 1 aliphatic heterocycles. The molecule has 0 radical (unpaired) electrons. The molecule has 2 aliphatic rings. The minimum Gasteiger partial charge on any atom is -0.480 e. The molecule has 3 atom stereocenters. The largest absolute Gasteiger partial charge is 0.480 e. The van der Waals surface area contributed by atoms with Crippen LogP contribution in [0.2, 0.25) is 0 Å². The van der Waals surface area contributed by atoms with Crippen molar-refractivity contribution < 1.29 is 14.7 Å². The van der Waals surface area contributed by atoms with Crippen LogP contribution in [0.4, 0.5) is 0 Å². The maximum Gasteiger partial charge on any atom is 0.326 e. The molecule has 0 aromatic carbocycles. The molecule has 0 bridgehead atoms. The van der Waals surface area contributed by atoms with Crippen LogP contribution in [0.1, 0.15) is 52.9 Å². The highest BCUT2D eigenvalue weighted by Gasteiger charge is 2.47. The Balaban J connectivity index is 1.94. The zero-order valence-electron chi connectivity index (χ0n) is 12.5. The lowest BCUT2D eigenvalue weighted by Crippen LogP contribution is -2.46. The van der Waals surface area contributed by atoms with E-state index in [0.717, 1.165) is 36.1 Å². The number of carboxylic acids is 1. The Morgan fingerprint density at radius 2 is 2.00 bits per heavy atom. The maximum absolute atomic E-state index is 12.9. The second-order valence-corrected chi connectivity index (χ2v) is 7.33. The Morgan fingerprint density at radius 1 is 1.29 bits per heavy atom. The lowest BCUT2D eigenvalue weighted by atomic mass is 9.84. The van der Waals surface area contributed by atoms with Gasteiger partial charge >= 0.3 is 5.97 Å². The minimum atomic E-state index is -0.859. The van der Waals surface area contributed by atoms with E-state index in [1.807, 2.05) is 19.2 Å². The predicted octanol–water partition coefficient (Wildman–Crippen LogP) is 3.22. The normalized spacial score (nSPS) is 28.5. The number of carbonyl (C=O) groups is 2. The Hall–Kier alpha value is -1.36. The molecule has 1 aliphatic carbocycles. The van der Waals surface area contributed by atoms with Gasteiger partial charge in [0.15, 0.2) is 0 Å². The number of hydrogen-bond acceptors (Lipinski definition) is 3. The summed E-state index contributed by atoms with van der Waals surface area (Å²) >= 11 is 1.56. The van der Waals surface area contributed by atoms with Gasteiger partial charge < -0.3 is 10.0 Å². The third kappa shape index (κ3) is 2.37. The third-order valence-corrected chi connectivity index (χ3v) is 6.14. The van der Waals surface area contributed by atoms with Crippen LogP contribution in [0.15, 0.2) is 5.38 Å². The van der Waals surface area contributed by atoms with Crippen LogP contribution in [-0.2, 0) is 4.79 Å². The quantitative estimate of drug-likeness (QED) is 0.912. The van der Waals surface area contributed by atoms with Crippen LogP contribution in [0.3, 0.4) is 0 Å². The van der Waals surface area contributed by atoms with Crippen LogP contribution >= 0.6 is 11.3 Å². The van der Waals surface area contributed by atoms with Crippen LogP contribution in [0, 0.1) is 19.8 Å². The number of carbonyl (C=O) groups excluding carboxylic acids is 1. The first-order valence-corrected chi connectivity index (χ1v) is 8.49. The average Bonchev–Trinajstić information content (AvgIpc) is 3.00. The average molecular weight is 307 g/mol. The van der Waals surface area contributed by atoms with Gasteiger partial charge in [-0.2, -0.15) is 0 Å². The van der Waals surface area contributed by atoms with E-state index in [1.54, 1.807) is 16.2 Å². The molecule has 1 aromatic heterocycles. The fraction of sp³-hybridized carbons (Fsp3) is 0.625. The van der Waals surface area contributed by atoms with Gasteiger partial charge in [-0.05, 0) is 44.6 Å². The fourth-order valence-electron chi connectivity index (χ4n) is 3.84. The van der Waals surface area contributed by atoms with Crippen LogP contribution in [-0.4, -0.2) is 34.0 Å². The molecule has 5 heteroatoms. The number of carboxylic acid groups (broad SMARTS) is 1. The zero-order valence-corrected chi connectivity index (χ0v) is 13.3. The summed E-state index contributed by atoms with van der Waals surface area (Å²) in [6.07, 6.45) is 4.88. The van der Waals surface area contributed by atoms with Crippen molar-refractivity contribution in [3.63, 3.8) is 0 Å². The molecule has 3 rings (SSSR count). The Morgan fingerprint density at radius 3 is 2.62 bits per heavy atom. The van der Waals surface area contributed by atoms with Gasteiger partial charge in [0, 0.05) is 16.3 Å². The van der Waals surface area contributed by atoms with Crippen molar-refractivity contribution in [3.8, 4) is 0 Å². The Labute approximate surface area is 128 Å². The van der Waals surface area contributed by atoms with E-state index in [9.17, 15) is 14.7 Å². The zero-order chi connectivity index (χ0) is 15.1. The van der Waals surface area contributed by atoms with Gasteiger partial charge in [0.05, 0.1) is 5.56 Å². The highest BCUT2D eigenvalue weighted by Crippen LogP contribution is 2.41. The van der Waals surface area contributed by atoms with E-state index < -0.39 is 12.0 Å². The predicted molar refractivity (Wildman–Crippen MR) is 81.7 cm³/mol. The van der Waals surface area contributed by atoms with E-state index in [0.29, 0.717) is 17.9 Å². The van der Waals surface area contributed by atoms with Crippen LogP contribution in [0.25, 0.3) is 0 Å². The molecule has 4 nitrogen and oxygen atoms in total. The minimum absolute atomic E-state index is 0.0846. The van der Waals surface area contributed by atoms with E-state index in [2.05, 4.69) is 0 Å². The Kier molecular flexibility index (Phi) is 3.78. The van der Waals surface area contributed by atoms with Crippen molar-refractivity contribution in [2.24, 2.45) is 5.92 Å². The summed E-state index contributed by atoms with van der Waals surface area (Å²) in [5.41, 5.74) is 1.68. The molecule has 1 saturated heterocycles. The van der Waals surface area contributed by atoms with Crippen LogP contribution in [0.5, 0.6) is 0 Å². The summed E-state index contributed by atoms with van der Waals surface area (Å²) in [7, 11) is 0. The van der Waals surface area contributed by atoms with Gasteiger partial charge in [0.1, 0.15) is 6.04 Å². The van der Waals surface area contributed by atoms with Gasteiger partial charge in [-0.3, -0.25) is 4.79 Å². The Bertz CT molecular complexity index is 580. The van der Waals surface area contributed by atoms with E-state index >= 15 is 0 Å².